The molecule has 2 aromatic carbocycles. The molecule has 3 nitrogen and oxygen atoms in total. The summed E-state index contributed by atoms with van der Waals surface area (Å²) < 4.78 is 5.57. The summed E-state index contributed by atoms with van der Waals surface area (Å²) >= 11 is 0. The minimum absolute atomic E-state index is 0.0397. The lowest BCUT2D eigenvalue weighted by Crippen LogP contribution is -2.38. The van der Waals surface area contributed by atoms with E-state index >= 15 is 0 Å². The highest BCUT2D eigenvalue weighted by Gasteiger charge is 2.21. The van der Waals surface area contributed by atoms with Crippen LogP contribution in [-0.2, 0) is 16.6 Å². The van der Waals surface area contributed by atoms with Crippen molar-refractivity contribution in [2.75, 3.05) is 13.2 Å². The zero-order chi connectivity index (χ0) is 16.7. The summed E-state index contributed by atoms with van der Waals surface area (Å²) in [5.74, 6) is 0.637. The van der Waals surface area contributed by atoms with E-state index in [9.17, 15) is 4.79 Å². The number of hydrogen-bond donors (Lipinski definition) is 1. The Labute approximate surface area is 138 Å². The van der Waals surface area contributed by atoms with Crippen molar-refractivity contribution >= 4 is 5.91 Å². The molecule has 0 spiro atoms. The Hall–Kier alpha value is -2.29. The summed E-state index contributed by atoms with van der Waals surface area (Å²) in [6, 6.07) is 18.0. The van der Waals surface area contributed by atoms with Crippen molar-refractivity contribution in [1.82, 2.24) is 5.32 Å². The Kier molecular flexibility index (Phi) is 5.80. The van der Waals surface area contributed by atoms with Gasteiger partial charge in [-0.05, 0) is 29.7 Å². The first-order valence-electron chi connectivity index (χ1n) is 8.05. The summed E-state index contributed by atoms with van der Waals surface area (Å²) in [4.78, 5) is 12.0. The molecule has 122 valence electrons. The van der Waals surface area contributed by atoms with E-state index in [2.05, 4.69) is 44.3 Å². The molecule has 0 bridgehead atoms. The van der Waals surface area contributed by atoms with Gasteiger partial charge in [0, 0.05) is 12.0 Å². The fraction of sp³-hybridized carbons (Fsp3) is 0.350. The molecule has 0 saturated heterocycles. The van der Waals surface area contributed by atoms with Crippen LogP contribution in [0.25, 0.3) is 0 Å². The topological polar surface area (TPSA) is 38.3 Å². The number of ether oxygens (including phenoxy) is 1. The van der Waals surface area contributed by atoms with Crippen LogP contribution in [0, 0.1) is 0 Å². The first kappa shape index (κ1) is 17.1. The van der Waals surface area contributed by atoms with Crippen molar-refractivity contribution in [3.05, 3.63) is 65.7 Å². The molecule has 0 aliphatic heterocycles. The van der Waals surface area contributed by atoms with E-state index in [-0.39, 0.29) is 17.9 Å². The van der Waals surface area contributed by atoms with Gasteiger partial charge in [-0.3, -0.25) is 4.79 Å². The molecule has 2 aromatic rings. The number of benzene rings is 2. The van der Waals surface area contributed by atoms with E-state index in [1.54, 1.807) is 0 Å². The molecule has 1 amide bonds. The Bertz CT molecular complexity index is 635. The smallest absolute Gasteiger partial charge is 0.257 e. The standard InChI is InChI=1S/C20H25NO2/c1-4-16-9-8-12-18(13-16)23-14-19(22)21-15-20(2,3)17-10-6-5-7-11-17/h5-13H,4,14-15H2,1-3H3,(H,21,22). The molecule has 0 saturated carbocycles. The van der Waals surface area contributed by atoms with Gasteiger partial charge in [-0.25, -0.2) is 0 Å². The van der Waals surface area contributed by atoms with Gasteiger partial charge in [-0.2, -0.15) is 0 Å². The Morgan fingerprint density at radius 2 is 1.83 bits per heavy atom. The van der Waals surface area contributed by atoms with Gasteiger partial charge in [0.2, 0.25) is 0 Å². The molecule has 0 unspecified atom stereocenters. The minimum atomic E-state index is -0.112. The molecule has 2 rings (SSSR count). The first-order chi connectivity index (χ1) is 11.0. The van der Waals surface area contributed by atoms with Crippen molar-refractivity contribution in [1.29, 1.82) is 0 Å². The van der Waals surface area contributed by atoms with Crippen LogP contribution in [0.4, 0.5) is 0 Å². The van der Waals surface area contributed by atoms with Crippen molar-refractivity contribution in [2.45, 2.75) is 32.6 Å². The number of aryl methyl sites for hydroxylation is 1. The van der Waals surface area contributed by atoms with Crippen LogP contribution in [0.2, 0.25) is 0 Å². The number of carbonyl (C=O) groups excluding carboxylic acids is 1. The zero-order valence-corrected chi connectivity index (χ0v) is 14.1. The number of hydrogen-bond acceptors (Lipinski definition) is 2. The summed E-state index contributed by atoms with van der Waals surface area (Å²) in [6.45, 7) is 6.95. The second-order valence-electron chi connectivity index (χ2n) is 6.32. The van der Waals surface area contributed by atoms with Crippen LogP contribution in [0.1, 0.15) is 31.9 Å². The Morgan fingerprint density at radius 1 is 1.09 bits per heavy atom. The zero-order valence-electron chi connectivity index (χ0n) is 14.1. The number of carbonyl (C=O) groups is 1. The maximum Gasteiger partial charge on any atom is 0.257 e. The lowest BCUT2D eigenvalue weighted by atomic mass is 9.84. The van der Waals surface area contributed by atoms with E-state index in [0.29, 0.717) is 6.54 Å². The summed E-state index contributed by atoms with van der Waals surface area (Å²) in [5.41, 5.74) is 2.30. The number of amides is 1. The highest BCUT2D eigenvalue weighted by Crippen LogP contribution is 2.21. The largest absolute Gasteiger partial charge is 0.484 e. The van der Waals surface area contributed by atoms with Crippen molar-refractivity contribution in [3.8, 4) is 5.75 Å². The van der Waals surface area contributed by atoms with E-state index < -0.39 is 0 Å². The van der Waals surface area contributed by atoms with Gasteiger partial charge < -0.3 is 10.1 Å². The number of rotatable bonds is 7. The van der Waals surface area contributed by atoms with Crippen molar-refractivity contribution < 1.29 is 9.53 Å². The van der Waals surface area contributed by atoms with E-state index in [1.165, 1.54) is 11.1 Å². The fourth-order valence-corrected chi connectivity index (χ4v) is 2.37. The van der Waals surface area contributed by atoms with Gasteiger partial charge in [0.05, 0.1) is 0 Å². The second-order valence-corrected chi connectivity index (χ2v) is 6.32. The van der Waals surface area contributed by atoms with Gasteiger partial charge in [0.25, 0.3) is 5.91 Å². The Balaban J connectivity index is 1.83. The van der Waals surface area contributed by atoms with Crippen molar-refractivity contribution in [2.24, 2.45) is 0 Å². The van der Waals surface area contributed by atoms with Gasteiger partial charge in [0.15, 0.2) is 6.61 Å². The molecule has 0 radical (unpaired) electrons. The maximum absolute atomic E-state index is 12.0. The van der Waals surface area contributed by atoms with Crippen LogP contribution in [-0.4, -0.2) is 19.1 Å². The molecule has 0 fully saturated rings. The highest BCUT2D eigenvalue weighted by molar-refractivity contribution is 5.77. The van der Waals surface area contributed by atoms with Gasteiger partial charge in [-0.1, -0.05) is 63.2 Å². The van der Waals surface area contributed by atoms with Gasteiger partial charge >= 0.3 is 0 Å². The molecule has 0 aromatic heterocycles. The predicted molar refractivity (Wildman–Crippen MR) is 93.8 cm³/mol. The second kappa shape index (κ2) is 7.82. The molecule has 0 heterocycles. The molecule has 23 heavy (non-hydrogen) atoms. The van der Waals surface area contributed by atoms with Crippen LogP contribution >= 0.6 is 0 Å². The average molecular weight is 311 g/mol. The molecule has 0 atom stereocenters. The summed E-state index contributed by atoms with van der Waals surface area (Å²) in [6.07, 6.45) is 0.953. The minimum Gasteiger partial charge on any atom is -0.484 e. The quantitative estimate of drug-likeness (QED) is 0.846. The van der Waals surface area contributed by atoms with Gasteiger partial charge in [-0.15, -0.1) is 0 Å². The third-order valence-corrected chi connectivity index (χ3v) is 3.96. The van der Waals surface area contributed by atoms with Crippen LogP contribution in [0.5, 0.6) is 5.75 Å². The van der Waals surface area contributed by atoms with E-state index in [4.69, 9.17) is 4.74 Å². The number of nitrogens with one attached hydrogen (secondary N) is 1. The van der Waals surface area contributed by atoms with Gasteiger partial charge in [0.1, 0.15) is 5.75 Å². The predicted octanol–water partition coefficient (Wildman–Crippen LogP) is 3.72. The normalized spacial score (nSPS) is 11.1. The lowest BCUT2D eigenvalue weighted by Gasteiger charge is -2.25. The summed E-state index contributed by atoms with van der Waals surface area (Å²) in [5, 5.41) is 2.96. The van der Waals surface area contributed by atoms with Crippen LogP contribution < -0.4 is 10.1 Å². The molecule has 0 aliphatic rings. The fourth-order valence-electron chi connectivity index (χ4n) is 2.37. The average Bonchev–Trinajstić information content (AvgIpc) is 2.59. The Morgan fingerprint density at radius 3 is 2.52 bits per heavy atom. The van der Waals surface area contributed by atoms with Crippen LogP contribution in [0.15, 0.2) is 54.6 Å². The molecule has 0 aliphatic carbocycles. The highest BCUT2D eigenvalue weighted by atomic mass is 16.5. The maximum atomic E-state index is 12.0. The molecular formula is C20H25NO2. The third kappa shape index (κ3) is 5.13. The monoisotopic (exact) mass is 311 g/mol. The third-order valence-electron chi connectivity index (χ3n) is 3.96. The van der Waals surface area contributed by atoms with Crippen molar-refractivity contribution in [3.63, 3.8) is 0 Å². The lowest BCUT2D eigenvalue weighted by molar-refractivity contribution is -0.123. The SMILES string of the molecule is CCc1cccc(OCC(=O)NCC(C)(C)c2ccccc2)c1. The van der Waals surface area contributed by atoms with Crippen LogP contribution in [0.3, 0.4) is 0 Å². The first-order valence-corrected chi connectivity index (χ1v) is 8.05. The summed E-state index contributed by atoms with van der Waals surface area (Å²) in [7, 11) is 0. The molecular weight excluding hydrogens is 286 g/mol. The molecule has 3 heteroatoms. The van der Waals surface area contributed by atoms with E-state index in [1.807, 2.05) is 36.4 Å². The molecule has 1 N–H and O–H groups in total. The van der Waals surface area contributed by atoms with E-state index in [0.717, 1.165) is 12.2 Å².